The quantitative estimate of drug-likeness (QED) is 0.165. The fourth-order valence-corrected chi connectivity index (χ4v) is 9.07. The van der Waals surface area contributed by atoms with Crippen molar-refractivity contribution in [3.05, 3.63) is 206 Å². The van der Waals surface area contributed by atoms with Crippen LogP contribution >= 0.6 is 0 Å². The molecule has 0 spiro atoms. The number of nitrogens with zero attached hydrogens (tertiary/aromatic N) is 4. The molecule has 0 aliphatic heterocycles. The summed E-state index contributed by atoms with van der Waals surface area (Å²) in [5.74, 6) is 0.630. The summed E-state index contributed by atoms with van der Waals surface area (Å²) < 4.78 is 4.71. The number of rotatable bonds is 5. The van der Waals surface area contributed by atoms with E-state index in [0.29, 0.717) is 5.95 Å². The molecule has 0 bridgehead atoms. The summed E-state index contributed by atoms with van der Waals surface area (Å²) in [6.45, 7) is 0. The Morgan fingerprint density at radius 2 is 0.810 bits per heavy atom. The van der Waals surface area contributed by atoms with Crippen LogP contribution in [0.3, 0.4) is 0 Å². The number of hydrogen-bond acceptors (Lipinski definition) is 2. The van der Waals surface area contributed by atoms with E-state index in [-0.39, 0.29) is 0 Å². The van der Waals surface area contributed by atoms with Gasteiger partial charge in [-0.1, -0.05) is 158 Å². The fourth-order valence-electron chi connectivity index (χ4n) is 9.07. The summed E-state index contributed by atoms with van der Waals surface area (Å²) >= 11 is 0. The van der Waals surface area contributed by atoms with Gasteiger partial charge in [0.2, 0.25) is 5.95 Å². The number of fused-ring (bicyclic) bond motifs is 12. The van der Waals surface area contributed by atoms with Crippen molar-refractivity contribution in [3.63, 3.8) is 0 Å². The van der Waals surface area contributed by atoms with E-state index in [1.54, 1.807) is 0 Å². The van der Waals surface area contributed by atoms with Gasteiger partial charge in [-0.3, -0.25) is 4.57 Å². The molecule has 0 unspecified atom stereocenters. The molecule has 270 valence electrons. The molecule has 0 aliphatic carbocycles. The Kier molecular flexibility index (Phi) is 7.20. The summed E-state index contributed by atoms with van der Waals surface area (Å²) in [4.78, 5) is 10.9. The first kappa shape index (κ1) is 32.4. The number of hydrogen-bond donors (Lipinski definition) is 0. The number of benzene rings is 8. The molecule has 0 atom stereocenters. The van der Waals surface area contributed by atoms with Gasteiger partial charge in [-0.25, -0.2) is 9.97 Å². The van der Waals surface area contributed by atoms with Gasteiger partial charge in [0.1, 0.15) is 0 Å². The number of pyridine rings is 1. The molecule has 0 amide bonds. The average Bonchev–Trinajstić information content (AvgIpc) is 3.86. The van der Waals surface area contributed by atoms with Crippen LogP contribution in [-0.4, -0.2) is 18.9 Å². The first-order valence-corrected chi connectivity index (χ1v) is 19.7. The van der Waals surface area contributed by atoms with E-state index in [9.17, 15) is 0 Å². The Morgan fingerprint density at radius 1 is 0.293 bits per heavy atom. The molecule has 4 aromatic heterocycles. The minimum Gasteiger partial charge on any atom is -0.309 e. The lowest BCUT2D eigenvalue weighted by atomic mass is 9.99. The molecular weight excluding hydrogens is 705 g/mol. The Morgan fingerprint density at radius 3 is 1.48 bits per heavy atom. The lowest BCUT2D eigenvalue weighted by Crippen LogP contribution is -2.04. The van der Waals surface area contributed by atoms with Gasteiger partial charge < -0.3 is 4.40 Å². The Balaban J connectivity index is 1.17. The van der Waals surface area contributed by atoms with Crippen molar-refractivity contribution in [3.8, 4) is 50.7 Å². The van der Waals surface area contributed by atoms with E-state index in [4.69, 9.17) is 9.97 Å². The van der Waals surface area contributed by atoms with Crippen molar-refractivity contribution in [2.75, 3.05) is 0 Å². The summed E-state index contributed by atoms with van der Waals surface area (Å²) in [7, 11) is 0. The maximum atomic E-state index is 5.46. The van der Waals surface area contributed by atoms with Crippen LogP contribution in [0, 0.1) is 0 Å². The van der Waals surface area contributed by atoms with Crippen LogP contribution in [0.25, 0.3) is 111 Å². The average molecular weight is 739 g/mol. The fraction of sp³-hybridized carbons (Fsp3) is 0. The van der Waals surface area contributed by atoms with Crippen LogP contribution < -0.4 is 0 Å². The first-order chi connectivity index (χ1) is 28.8. The molecule has 0 saturated heterocycles. The van der Waals surface area contributed by atoms with Crippen LogP contribution in [0.15, 0.2) is 206 Å². The van der Waals surface area contributed by atoms with Gasteiger partial charge in [-0.05, 0) is 76.2 Å². The number of para-hydroxylation sites is 3. The zero-order chi connectivity index (χ0) is 38.2. The van der Waals surface area contributed by atoms with Crippen molar-refractivity contribution in [2.45, 2.75) is 0 Å². The van der Waals surface area contributed by atoms with Gasteiger partial charge in [0, 0.05) is 38.1 Å². The van der Waals surface area contributed by atoms with Gasteiger partial charge in [-0.15, -0.1) is 0 Å². The minimum absolute atomic E-state index is 0.630. The highest BCUT2D eigenvalue weighted by Crippen LogP contribution is 2.43. The van der Waals surface area contributed by atoms with Gasteiger partial charge in [0.05, 0.1) is 39.0 Å². The Hall–Kier alpha value is -7.82. The van der Waals surface area contributed by atoms with Crippen molar-refractivity contribution >= 4 is 59.9 Å². The van der Waals surface area contributed by atoms with Crippen LogP contribution in [0.4, 0.5) is 0 Å². The smallest absolute Gasteiger partial charge is 0.235 e. The van der Waals surface area contributed by atoms with Crippen molar-refractivity contribution in [1.29, 1.82) is 0 Å². The van der Waals surface area contributed by atoms with Crippen LogP contribution in [0.1, 0.15) is 0 Å². The SMILES string of the molecule is c1ccc(-c2cccc(-c3cc(-c4cccc(-c5ccccc5)c4)nc(-n4c5ccccc5c5c6c(ccc54)c4ccccc4n4c5ccccc5cc64)n3)c2)cc1. The predicted molar refractivity (Wildman–Crippen MR) is 242 cm³/mol. The second-order valence-electron chi connectivity index (χ2n) is 15.0. The van der Waals surface area contributed by atoms with Crippen LogP contribution in [-0.2, 0) is 0 Å². The summed E-state index contributed by atoms with van der Waals surface area (Å²) in [5, 5.41) is 7.26. The van der Waals surface area contributed by atoms with Crippen molar-refractivity contribution in [1.82, 2.24) is 18.9 Å². The first-order valence-electron chi connectivity index (χ1n) is 19.7. The van der Waals surface area contributed by atoms with E-state index in [0.717, 1.165) is 44.7 Å². The maximum Gasteiger partial charge on any atom is 0.235 e. The summed E-state index contributed by atoms with van der Waals surface area (Å²) in [6.07, 6.45) is 0. The second-order valence-corrected chi connectivity index (χ2v) is 15.0. The van der Waals surface area contributed by atoms with Gasteiger partial charge in [0.25, 0.3) is 0 Å². The minimum atomic E-state index is 0.630. The normalized spacial score (nSPS) is 11.8. The molecule has 0 fully saturated rings. The zero-order valence-electron chi connectivity index (χ0n) is 31.4. The van der Waals surface area contributed by atoms with E-state index < -0.39 is 0 Å². The third-order valence-electron chi connectivity index (χ3n) is 11.7. The van der Waals surface area contributed by atoms with Crippen LogP contribution in [0.2, 0.25) is 0 Å². The zero-order valence-corrected chi connectivity index (χ0v) is 31.4. The highest BCUT2D eigenvalue weighted by Gasteiger charge is 2.22. The molecule has 12 rings (SSSR count). The molecule has 8 aromatic carbocycles. The third kappa shape index (κ3) is 5.02. The molecule has 0 radical (unpaired) electrons. The monoisotopic (exact) mass is 738 g/mol. The summed E-state index contributed by atoms with van der Waals surface area (Å²) in [5.41, 5.74) is 14.1. The van der Waals surface area contributed by atoms with Gasteiger partial charge >= 0.3 is 0 Å². The molecule has 0 saturated carbocycles. The third-order valence-corrected chi connectivity index (χ3v) is 11.7. The molecule has 12 aromatic rings. The Bertz CT molecular complexity index is 3460. The summed E-state index contributed by atoms with van der Waals surface area (Å²) in [6, 6.07) is 73.7. The highest BCUT2D eigenvalue weighted by molar-refractivity contribution is 6.30. The molecule has 0 N–H and O–H groups in total. The van der Waals surface area contributed by atoms with E-state index >= 15 is 0 Å². The lowest BCUT2D eigenvalue weighted by Gasteiger charge is -2.14. The van der Waals surface area contributed by atoms with Crippen LogP contribution in [0.5, 0.6) is 0 Å². The van der Waals surface area contributed by atoms with E-state index in [1.807, 2.05) is 0 Å². The molecular formula is C54H34N4. The predicted octanol–water partition coefficient (Wildman–Crippen LogP) is 14.0. The lowest BCUT2D eigenvalue weighted by molar-refractivity contribution is 0.996. The van der Waals surface area contributed by atoms with E-state index in [1.165, 1.54) is 60.0 Å². The maximum absolute atomic E-state index is 5.46. The molecule has 4 nitrogen and oxygen atoms in total. The second kappa shape index (κ2) is 12.9. The molecule has 4 heterocycles. The molecule has 4 heteroatoms. The molecule has 58 heavy (non-hydrogen) atoms. The standard InChI is InChI=1S/C54H34N4/c1-3-15-35(16-4-1)37-20-13-22-39(31-37)45-34-46(40-23-14-21-38(32-40)36-17-5-2-6-18-36)56-54(55-45)58-49-28-12-9-25-44(49)53-50(58)30-29-43-42-24-8-11-27-48(42)57-47-26-10-7-19-41(47)33-51(57)52(43)53/h1-34H. The van der Waals surface area contributed by atoms with Gasteiger partial charge in [-0.2, -0.15) is 0 Å². The topological polar surface area (TPSA) is 35.1 Å². The number of aromatic nitrogens is 4. The van der Waals surface area contributed by atoms with Gasteiger partial charge in [0.15, 0.2) is 0 Å². The molecule has 0 aliphatic rings. The van der Waals surface area contributed by atoms with Crippen molar-refractivity contribution < 1.29 is 0 Å². The Labute approximate surface area is 334 Å². The van der Waals surface area contributed by atoms with E-state index in [2.05, 4.69) is 215 Å². The van der Waals surface area contributed by atoms with Crippen molar-refractivity contribution in [2.24, 2.45) is 0 Å². The highest BCUT2D eigenvalue weighted by atomic mass is 15.2. The largest absolute Gasteiger partial charge is 0.309 e.